The van der Waals surface area contributed by atoms with Gasteiger partial charge in [-0.1, -0.05) is 64.5 Å². The highest BCUT2D eigenvalue weighted by atomic mass is 79.9. The number of halogens is 2. The minimum atomic E-state index is -0.424. The van der Waals surface area contributed by atoms with Crippen LogP contribution in [0.4, 0.5) is 4.39 Å². The van der Waals surface area contributed by atoms with E-state index in [1.807, 2.05) is 48.5 Å². The van der Waals surface area contributed by atoms with Gasteiger partial charge in [0.15, 0.2) is 0 Å². The molecule has 3 aromatic rings. The van der Waals surface area contributed by atoms with Crippen LogP contribution >= 0.6 is 15.9 Å². The van der Waals surface area contributed by atoms with Crippen LogP contribution in [-0.2, 0) is 0 Å². The van der Waals surface area contributed by atoms with Crippen molar-refractivity contribution < 1.29 is 4.39 Å². The van der Waals surface area contributed by atoms with Crippen molar-refractivity contribution in [2.45, 2.75) is 6.04 Å². The Labute approximate surface area is 130 Å². The molecule has 0 aliphatic carbocycles. The van der Waals surface area contributed by atoms with E-state index in [-0.39, 0.29) is 5.82 Å². The molecule has 0 heterocycles. The van der Waals surface area contributed by atoms with Gasteiger partial charge >= 0.3 is 0 Å². The van der Waals surface area contributed by atoms with Crippen LogP contribution < -0.4 is 11.3 Å². The van der Waals surface area contributed by atoms with Crippen LogP contribution in [0, 0.1) is 5.82 Å². The van der Waals surface area contributed by atoms with Crippen LogP contribution in [-0.4, -0.2) is 0 Å². The van der Waals surface area contributed by atoms with Crippen molar-refractivity contribution in [3.63, 3.8) is 0 Å². The van der Waals surface area contributed by atoms with Crippen molar-refractivity contribution in [1.82, 2.24) is 5.43 Å². The normalized spacial score (nSPS) is 12.5. The summed E-state index contributed by atoms with van der Waals surface area (Å²) in [5.74, 6) is 5.44. The number of rotatable bonds is 3. The molecule has 3 rings (SSSR count). The lowest BCUT2D eigenvalue weighted by Gasteiger charge is -2.20. The summed E-state index contributed by atoms with van der Waals surface area (Å²) in [7, 11) is 0. The minimum Gasteiger partial charge on any atom is -0.271 e. The quantitative estimate of drug-likeness (QED) is 0.549. The molecule has 0 radical (unpaired) electrons. The van der Waals surface area contributed by atoms with Gasteiger partial charge in [0.1, 0.15) is 5.82 Å². The number of nitrogens with one attached hydrogen (secondary N) is 1. The lowest BCUT2D eigenvalue weighted by molar-refractivity contribution is 0.559. The van der Waals surface area contributed by atoms with Crippen molar-refractivity contribution >= 4 is 26.7 Å². The largest absolute Gasteiger partial charge is 0.271 e. The van der Waals surface area contributed by atoms with Gasteiger partial charge in [-0.05, 0) is 28.5 Å². The number of hydrazine groups is 1. The number of hydrogen-bond donors (Lipinski definition) is 2. The molecular formula is C17H14BrFN2. The molecule has 21 heavy (non-hydrogen) atoms. The second-order valence-electron chi connectivity index (χ2n) is 4.80. The summed E-state index contributed by atoms with van der Waals surface area (Å²) in [5, 5.41) is 2.15. The average Bonchev–Trinajstić information content (AvgIpc) is 2.51. The predicted molar refractivity (Wildman–Crippen MR) is 87.2 cm³/mol. The number of fused-ring (bicyclic) bond motifs is 1. The highest BCUT2D eigenvalue weighted by Crippen LogP contribution is 2.33. The second-order valence-corrected chi connectivity index (χ2v) is 5.66. The predicted octanol–water partition coefficient (Wildman–Crippen LogP) is 4.29. The Hall–Kier alpha value is -1.75. The summed E-state index contributed by atoms with van der Waals surface area (Å²) in [4.78, 5) is 0. The molecule has 0 saturated heterocycles. The number of benzene rings is 3. The van der Waals surface area contributed by atoms with E-state index in [0.717, 1.165) is 16.3 Å². The van der Waals surface area contributed by atoms with Crippen molar-refractivity contribution in [2.24, 2.45) is 5.84 Å². The monoisotopic (exact) mass is 344 g/mol. The van der Waals surface area contributed by atoms with Gasteiger partial charge in [0.2, 0.25) is 0 Å². The van der Waals surface area contributed by atoms with Gasteiger partial charge in [-0.25, -0.2) is 9.82 Å². The first-order valence-electron chi connectivity index (χ1n) is 6.60. The molecule has 0 amide bonds. The van der Waals surface area contributed by atoms with E-state index in [9.17, 15) is 4.39 Å². The Kier molecular flexibility index (Phi) is 4.01. The van der Waals surface area contributed by atoms with E-state index < -0.39 is 6.04 Å². The molecule has 0 bridgehead atoms. The Balaban J connectivity index is 2.24. The zero-order valence-corrected chi connectivity index (χ0v) is 12.8. The second kappa shape index (κ2) is 5.93. The molecule has 3 N–H and O–H groups in total. The van der Waals surface area contributed by atoms with Gasteiger partial charge in [-0.15, -0.1) is 0 Å². The zero-order valence-electron chi connectivity index (χ0n) is 11.2. The summed E-state index contributed by atoms with van der Waals surface area (Å²) < 4.78 is 14.9. The van der Waals surface area contributed by atoms with Crippen molar-refractivity contribution in [2.75, 3.05) is 0 Å². The fourth-order valence-electron chi connectivity index (χ4n) is 2.62. The molecule has 0 aromatic heterocycles. The van der Waals surface area contributed by atoms with E-state index in [1.54, 1.807) is 6.07 Å². The van der Waals surface area contributed by atoms with E-state index in [4.69, 9.17) is 5.84 Å². The highest BCUT2D eigenvalue weighted by Gasteiger charge is 2.21. The Morgan fingerprint density at radius 3 is 2.43 bits per heavy atom. The molecule has 1 atom stereocenters. The molecule has 0 aliphatic heterocycles. The van der Waals surface area contributed by atoms with Crippen molar-refractivity contribution in [3.8, 4) is 0 Å². The average molecular weight is 345 g/mol. The molecule has 4 heteroatoms. The summed E-state index contributed by atoms with van der Waals surface area (Å²) in [5.41, 5.74) is 4.19. The van der Waals surface area contributed by atoms with Crippen LogP contribution in [0.5, 0.6) is 0 Å². The van der Waals surface area contributed by atoms with E-state index in [2.05, 4.69) is 21.4 Å². The maximum atomic E-state index is 14.2. The van der Waals surface area contributed by atoms with Gasteiger partial charge in [0, 0.05) is 10.0 Å². The zero-order chi connectivity index (χ0) is 14.8. The maximum Gasteiger partial charge on any atom is 0.129 e. The fourth-order valence-corrected chi connectivity index (χ4v) is 3.19. The third kappa shape index (κ3) is 2.58. The molecule has 106 valence electrons. The Bertz CT molecular complexity index is 763. The van der Waals surface area contributed by atoms with Crippen LogP contribution in [0.3, 0.4) is 0 Å². The first-order valence-corrected chi connectivity index (χ1v) is 7.39. The number of nitrogens with two attached hydrogens (primary N) is 1. The third-order valence-corrected chi connectivity index (χ3v) is 4.28. The number of hydrogen-bond acceptors (Lipinski definition) is 2. The Morgan fingerprint density at radius 1 is 0.952 bits per heavy atom. The maximum absolute atomic E-state index is 14.2. The topological polar surface area (TPSA) is 38.0 Å². The molecule has 2 nitrogen and oxygen atoms in total. The lowest BCUT2D eigenvalue weighted by Crippen LogP contribution is -2.30. The fraction of sp³-hybridized carbons (Fsp3) is 0.0588. The Morgan fingerprint density at radius 2 is 1.67 bits per heavy atom. The van der Waals surface area contributed by atoms with Gasteiger partial charge in [-0.3, -0.25) is 5.84 Å². The van der Waals surface area contributed by atoms with Crippen LogP contribution in [0.25, 0.3) is 10.8 Å². The van der Waals surface area contributed by atoms with E-state index in [0.29, 0.717) is 10.0 Å². The first kappa shape index (κ1) is 14.2. The van der Waals surface area contributed by atoms with Crippen molar-refractivity contribution in [1.29, 1.82) is 0 Å². The van der Waals surface area contributed by atoms with Crippen LogP contribution in [0.15, 0.2) is 65.1 Å². The molecule has 0 fully saturated rings. The molecule has 0 saturated carbocycles. The summed E-state index contributed by atoms with van der Waals surface area (Å²) in [6.07, 6.45) is 0. The van der Waals surface area contributed by atoms with E-state index >= 15 is 0 Å². The minimum absolute atomic E-state index is 0.291. The summed E-state index contributed by atoms with van der Waals surface area (Å²) in [6.45, 7) is 0. The van der Waals surface area contributed by atoms with Gasteiger partial charge in [0.25, 0.3) is 0 Å². The molecule has 0 aliphatic rings. The van der Waals surface area contributed by atoms with E-state index in [1.165, 1.54) is 6.07 Å². The van der Waals surface area contributed by atoms with Gasteiger partial charge in [0.05, 0.1) is 6.04 Å². The molecule has 1 unspecified atom stereocenters. The summed E-state index contributed by atoms with van der Waals surface area (Å²) >= 11 is 3.41. The summed E-state index contributed by atoms with van der Waals surface area (Å²) in [6, 6.07) is 18.4. The van der Waals surface area contributed by atoms with Gasteiger partial charge in [-0.2, -0.15) is 0 Å². The standard InChI is InChI=1S/C17H14BrFN2/c18-14-9-4-10-15(19)16(14)17(21-20)13-8-3-6-11-5-1-2-7-12(11)13/h1-10,17,21H,20H2. The third-order valence-electron chi connectivity index (χ3n) is 3.59. The first-order chi connectivity index (χ1) is 10.2. The smallest absolute Gasteiger partial charge is 0.129 e. The van der Waals surface area contributed by atoms with Crippen molar-refractivity contribution in [3.05, 3.63) is 82.1 Å². The SMILES string of the molecule is NNC(c1c(F)cccc1Br)c1cccc2ccccc12. The van der Waals surface area contributed by atoms with Gasteiger partial charge < -0.3 is 0 Å². The molecule has 0 spiro atoms. The highest BCUT2D eigenvalue weighted by molar-refractivity contribution is 9.10. The lowest BCUT2D eigenvalue weighted by atomic mass is 9.94. The molecule has 3 aromatic carbocycles. The van der Waals surface area contributed by atoms with Crippen LogP contribution in [0.2, 0.25) is 0 Å². The molecular weight excluding hydrogens is 331 g/mol. The van der Waals surface area contributed by atoms with Crippen LogP contribution in [0.1, 0.15) is 17.2 Å².